The fourth-order valence-corrected chi connectivity index (χ4v) is 2.92. The number of halogens is 4. The summed E-state index contributed by atoms with van der Waals surface area (Å²) in [4.78, 5) is 0. The maximum absolute atomic E-state index is 12.3. The fourth-order valence-electron chi connectivity index (χ4n) is 2.92. The minimum absolute atomic E-state index is 0. The molecule has 0 spiro atoms. The van der Waals surface area contributed by atoms with Gasteiger partial charge in [0, 0.05) is 5.56 Å². The third-order valence-electron chi connectivity index (χ3n) is 4.01. The van der Waals surface area contributed by atoms with E-state index >= 15 is 0 Å². The van der Waals surface area contributed by atoms with Crippen LogP contribution in [0.5, 0.6) is 11.5 Å². The Morgan fingerprint density at radius 1 is 0.963 bits per heavy atom. The third-order valence-corrected chi connectivity index (χ3v) is 4.01. The van der Waals surface area contributed by atoms with Crippen LogP contribution in [0.1, 0.15) is 24.1 Å². The summed E-state index contributed by atoms with van der Waals surface area (Å²) in [6.07, 6.45) is -4.72. The first-order chi connectivity index (χ1) is 12.4. The van der Waals surface area contributed by atoms with E-state index in [1.165, 1.54) is 24.3 Å². The largest absolute Gasteiger partial charge is 0.573 e. The molecule has 0 saturated heterocycles. The average molecular weight is 398 g/mol. The van der Waals surface area contributed by atoms with Crippen LogP contribution in [0.15, 0.2) is 60.7 Å². The zero-order chi connectivity index (χ0) is 18.7. The van der Waals surface area contributed by atoms with Gasteiger partial charge in [-0.05, 0) is 41.5 Å². The Kier molecular flexibility index (Phi) is 6.57. The number of alkyl halides is 3. The molecule has 0 aliphatic carbocycles. The van der Waals surface area contributed by atoms with Crippen molar-refractivity contribution in [2.45, 2.75) is 19.3 Å². The molecule has 0 aliphatic heterocycles. The molecule has 7 heteroatoms. The summed E-state index contributed by atoms with van der Waals surface area (Å²) in [5, 5.41) is 1.96. The average Bonchev–Trinajstić information content (AvgIpc) is 2.60. The summed E-state index contributed by atoms with van der Waals surface area (Å²) in [5.41, 5.74) is 7.91. The molecular formula is C20H19ClF3NO2. The van der Waals surface area contributed by atoms with Gasteiger partial charge in [-0.15, -0.1) is 25.6 Å². The molecule has 3 aromatic rings. The van der Waals surface area contributed by atoms with E-state index in [0.29, 0.717) is 17.9 Å². The third kappa shape index (κ3) is 4.84. The van der Waals surface area contributed by atoms with Gasteiger partial charge in [0.1, 0.15) is 11.5 Å². The Balaban J connectivity index is 0.00000261. The highest BCUT2D eigenvalue weighted by Crippen LogP contribution is 2.36. The second-order valence-electron chi connectivity index (χ2n) is 5.73. The van der Waals surface area contributed by atoms with Gasteiger partial charge in [-0.2, -0.15) is 0 Å². The predicted molar refractivity (Wildman–Crippen MR) is 102 cm³/mol. The van der Waals surface area contributed by atoms with Crippen LogP contribution in [0.4, 0.5) is 13.2 Å². The Morgan fingerprint density at radius 2 is 1.63 bits per heavy atom. The lowest BCUT2D eigenvalue weighted by Crippen LogP contribution is -2.17. The van der Waals surface area contributed by atoms with E-state index in [-0.39, 0.29) is 18.2 Å². The lowest BCUT2D eigenvalue weighted by molar-refractivity contribution is -0.274. The summed E-state index contributed by atoms with van der Waals surface area (Å²) in [7, 11) is 0. The number of nitrogens with two attached hydrogens (primary N) is 1. The molecule has 3 nitrogen and oxygen atoms in total. The van der Waals surface area contributed by atoms with Gasteiger partial charge in [-0.3, -0.25) is 0 Å². The lowest BCUT2D eigenvalue weighted by Gasteiger charge is -2.20. The number of fused-ring (bicyclic) bond motifs is 1. The molecule has 27 heavy (non-hydrogen) atoms. The first kappa shape index (κ1) is 20.9. The number of benzene rings is 3. The van der Waals surface area contributed by atoms with Gasteiger partial charge < -0.3 is 15.2 Å². The summed E-state index contributed by atoms with van der Waals surface area (Å²) in [6, 6.07) is 16.6. The van der Waals surface area contributed by atoms with Crippen LogP contribution in [0.25, 0.3) is 10.8 Å². The fraction of sp³-hybridized carbons (Fsp3) is 0.200. The highest BCUT2D eigenvalue weighted by molar-refractivity contribution is 5.88. The highest BCUT2D eigenvalue weighted by Gasteiger charge is 2.31. The molecule has 0 unspecified atom stereocenters. The van der Waals surface area contributed by atoms with E-state index in [4.69, 9.17) is 10.5 Å². The molecule has 0 bridgehead atoms. The van der Waals surface area contributed by atoms with E-state index in [2.05, 4.69) is 4.74 Å². The van der Waals surface area contributed by atoms with Crippen molar-refractivity contribution in [1.82, 2.24) is 0 Å². The first-order valence-electron chi connectivity index (χ1n) is 8.15. The molecule has 0 amide bonds. The van der Waals surface area contributed by atoms with Crippen LogP contribution < -0.4 is 15.2 Å². The van der Waals surface area contributed by atoms with Crippen molar-refractivity contribution in [2.75, 3.05) is 6.61 Å². The Morgan fingerprint density at radius 3 is 2.26 bits per heavy atom. The van der Waals surface area contributed by atoms with Gasteiger partial charge in [-0.1, -0.05) is 42.5 Å². The standard InChI is InChI=1S/C20H18F3NO2.ClH/c1-2-25-17-12-9-13-5-3-4-6-16(13)18(17)19(24)14-7-10-15(11-8-14)26-20(21,22)23;/h3-12,19H,2,24H2,1H3;1H/t19-;/m0./s1. The predicted octanol–water partition coefficient (Wildman–Crippen LogP) is 5.61. The van der Waals surface area contributed by atoms with E-state index in [1.807, 2.05) is 43.3 Å². The molecule has 2 N–H and O–H groups in total. The first-order valence-corrected chi connectivity index (χ1v) is 8.15. The van der Waals surface area contributed by atoms with Gasteiger partial charge in [0.05, 0.1) is 12.6 Å². The second-order valence-corrected chi connectivity index (χ2v) is 5.73. The maximum atomic E-state index is 12.3. The monoisotopic (exact) mass is 397 g/mol. The van der Waals surface area contributed by atoms with Crippen LogP contribution in [0.3, 0.4) is 0 Å². The number of hydrogen-bond acceptors (Lipinski definition) is 3. The minimum Gasteiger partial charge on any atom is -0.493 e. The molecule has 0 heterocycles. The van der Waals surface area contributed by atoms with Crippen LogP contribution in [-0.2, 0) is 0 Å². The summed E-state index contributed by atoms with van der Waals surface area (Å²) in [6.45, 7) is 2.37. The topological polar surface area (TPSA) is 44.5 Å². The van der Waals surface area contributed by atoms with Crippen molar-refractivity contribution in [1.29, 1.82) is 0 Å². The van der Waals surface area contributed by atoms with Crippen molar-refractivity contribution in [3.8, 4) is 11.5 Å². The zero-order valence-corrected chi connectivity index (χ0v) is 15.3. The number of rotatable bonds is 5. The minimum atomic E-state index is -4.72. The van der Waals surface area contributed by atoms with Gasteiger partial charge in [0.2, 0.25) is 0 Å². The zero-order valence-electron chi connectivity index (χ0n) is 14.5. The molecule has 3 rings (SSSR count). The van der Waals surface area contributed by atoms with Gasteiger partial charge in [-0.25, -0.2) is 0 Å². The summed E-state index contributed by atoms with van der Waals surface area (Å²) >= 11 is 0. The molecule has 1 atom stereocenters. The van der Waals surface area contributed by atoms with E-state index in [1.54, 1.807) is 0 Å². The van der Waals surface area contributed by atoms with E-state index in [9.17, 15) is 13.2 Å². The molecular weight excluding hydrogens is 379 g/mol. The summed E-state index contributed by atoms with van der Waals surface area (Å²) < 4.78 is 46.6. The van der Waals surface area contributed by atoms with Gasteiger partial charge in [0.25, 0.3) is 0 Å². The van der Waals surface area contributed by atoms with Crippen molar-refractivity contribution in [2.24, 2.45) is 5.73 Å². The molecule has 0 aromatic heterocycles. The smallest absolute Gasteiger partial charge is 0.493 e. The molecule has 0 radical (unpaired) electrons. The SMILES string of the molecule is CCOc1ccc2ccccc2c1[C@@H](N)c1ccc(OC(F)(F)F)cc1.Cl. The van der Waals surface area contributed by atoms with Crippen LogP contribution in [0, 0.1) is 0 Å². The molecule has 3 aromatic carbocycles. The van der Waals surface area contributed by atoms with Crippen molar-refractivity contribution in [3.63, 3.8) is 0 Å². The molecule has 144 valence electrons. The van der Waals surface area contributed by atoms with Gasteiger partial charge >= 0.3 is 6.36 Å². The van der Waals surface area contributed by atoms with Crippen LogP contribution in [-0.4, -0.2) is 13.0 Å². The second kappa shape index (κ2) is 8.50. The lowest BCUT2D eigenvalue weighted by atomic mass is 9.93. The highest BCUT2D eigenvalue weighted by atomic mass is 35.5. The number of hydrogen-bond donors (Lipinski definition) is 1. The van der Waals surface area contributed by atoms with Crippen molar-refractivity contribution in [3.05, 3.63) is 71.8 Å². The van der Waals surface area contributed by atoms with Crippen molar-refractivity contribution >= 4 is 23.2 Å². The van der Waals surface area contributed by atoms with Gasteiger partial charge in [0.15, 0.2) is 0 Å². The van der Waals surface area contributed by atoms with Crippen LogP contribution in [0.2, 0.25) is 0 Å². The Hall–Kier alpha value is -2.44. The normalized spacial score (nSPS) is 12.3. The van der Waals surface area contributed by atoms with Crippen molar-refractivity contribution < 1.29 is 22.6 Å². The van der Waals surface area contributed by atoms with E-state index < -0.39 is 12.4 Å². The van der Waals surface area contributed by atoms with Crippen LogP contribution >= 0.6 is 12.4 Å². The molecule has 0 saturated carbocycles. The molecule has 0 fully saturated rings. The maximum Gasteiger partial charge on any atom is 0.573 e. The van der Waals surface area contributed by atoms with E-state index in [0.717, 1.165) is 16.3 Å². The quantitative estimate of drug-likeness (QED) is 0.608. The Bertz CT molecular complexity index is 898. The Labute approximate surface area is 161 Å². The molecule has 0 aliphatic rings. The summed E-state index contributed by atoms with van der Waals surface area (Å²) in [5.74, 6) is 0.380. The number of ether oxygens (including phenoxy) is 2.